The maximum atomic E-state index is 13.5. The van der Waals surface area contributed by atoms with E-state index in [9.17, 15) is 9.18 Å². The monoisotopic (exact) mass is 290 g/mol. The molecular formula is C17H23FN2O. The fourth-order valence-electron chi connectivity index (χ4n) is 4.09. The summed E-state index contributed by atoms with van der Waals surface area (Å²) in [5.41, 5.74) is 0.514. The van der Waals surface area contributed by atoms with Gasteiger partial charge in [0.1, 0.15) is 5.82 Å². The Labute approximate surface area is 125 Å². The van der Waals surface area contributed by atoms with Crippen molar-refractivity contribution in [3.8, 4) is 0 Å². The van der Waals surface area contributed by atoms with Crippen molar-refractivity contribution in [2.24, 2.45) is 17.8 Å². The van der Waals surface area contributed by atoms with Gasteiger partial charge in [0.15, 0.2) is 0 Å². The van der Waals surface area contributed by atoms with E-state index in [-0.39, 0.29) is 24.4 Å². The molecule has 0 heterocycles. The van der Waals surface area contributed by atoms with Gasteiger partial charge in [0.25, 0.3) is 0 Å². The molecule has 1 aromatic carbocycles. The summed E-state index contributed by atoms with van der Waals surface area (Å²) < 4.78 is 13.5. The van der Waals surface area contributed by atoms with E-state index in [1.165, 1.54) is 31.7 Å². The third kappa shape index (κ3) is 3.20. The van der Waals surface area contributed by atoms with Gasteiger partial charge in [-0.15, -0.1) is 0 Å². The highest BCUT2D eigenvalue weighted by atomic mass is 19.1. The molecule has 0 spiro atoms. The van der Waals surface area contributed by atoms with Gasteiger partial charge in [0.2, 0.25) is 0 Å². The number of amides is 2. The molecule has 2 amide bonds. The molecule has 2 fully saturated rings. The fraction of sp³-hybridized carbons (Fsp3) is 0.588. The molecular weight excluding hydrogens is 267 g/mol. The Morgan fingerprint density at radius 3 is 2.81 bits per heavy atom. The zero-order valence-corrected chi connectivity index (χ0v) is 12.4. The molecule has 0 radical (unpaired) electrons. The van der Waals surface area contributed by atoms with Gasteiger partial charge in [-0.05, 0) is 50.0 Å². The van der Waals surface area contributed by atoms with Crippen molar-refractivity contribution in [2.45, 2.75) is 45.2 Å². The summed E-state index contributed by atoms with van der Waals surface area (Å²) in [5, 5.41) is 5.77. The van der Waals surface area contributed by atoms with Crippen molar-refractivity contribution in [1.82, 2.24) is 10.6 Å². The van der Waals surface area contributed by atoms with Crippen molar-refractivity contribution in [1.29, 1.82) is 0 Å². The summed E-state index contributed by atoms with van der Waals surface area (Å²) in [7, 11) is 0. The Morgan fingerprint density at radius 1 is 1.33 bits per heavy atom. The first-order chi connectivity index (χ1) is 10.1. The van der Waals surface area contributed by atoms with Crippen molar-refractivity contribution in [2.75, 3.05) is 0 Å². The SMILES string of the molecule is CC(NC(=O)NCc1ccccc1F)C1CC2CCC1C2. The second kappa shape index (κ2) is 6.04. The predicted octanol–water partition coefficient (Wildman–Crippen LogP) is 3.45. The second-order valence-electron chi connectivity index (χ2n) is 6.55. The molecule has 0 saturated heterocycles. The summed E-state index contributed by atoms with van der Waals surface area (Å²) in [5.74, 6) is 2.00. The topological polar surface area (TPSA) is 41.1 Å². The molecule has 2 aliphatic rings. The van der Waals surface area contributed by atoms with Crippen LogP contribution in [0.3, 0.4) is 0 Å². The van der Waals surface area contributed by atoms with Gasteiger partial charge in [0.05, 0.1) is 0 Å². The first-order valence-corrected chi connectivity index (χ1v) is 7.91. The minimum Gasteiger partial charge on any atom is -0.335 e. The van der Waals surface area contributed by atoms with Crippen LogP contribution in [0.5, 0.6) is 0 Å². The molecule has 4 heteroatoms. The molecule has 2 saturated carbocycles. The molecule has 3 nitrogen and oxygen atoms in total. The highest BCUT2D eigenvalue weighted by Crippen LogP contribution is 2.49. The smallest absolute Gasteiger partial charge is 0.315 e. The number of nitrogens with one attached hydrogen (secondary N) is 2. The number of halogens is 1. The average Bonchev–Trinajstić information content (AvgIpc) is 3.09. The van der Waals surface area contributed by atoms with Crippen LogP contribution >= 0.6 is 0 Å². The van der Waals surface area contributed by atoms with Crippen LogP contribution in [-0.2, 0) is 6.54 Å². The van der Waals surface area contributed by atoms with Gasteiger partial charge in [-0.2, -0.15) is 0 Å². The zero-order valence-electron chi connectivity index (χ0n) is 12.4. The molecule has 0 aromatic heterocycles. The third-order valence-corrected chi connectivity index (χ3v) is 5.19. The van der Waals surface area contributed by atoms with Crippen LogP contribution in [0.4, 0.5) is 9.18 Å². The van der Waals surface area contributed by atoms with E-state index >= 15 is 0 Å². The molecule has 0 aliphatic heterocycles. The van der Waals surface area contributed by atoms with E-state index in [4.69, 9.17) is 0 Å². The van der Waals surface area contributed by atoms with Crippen molar-refractivity contribution < 1.29 is 9.18 Å². The minimum absolute atomic E-state index is 0.195. The van der Waals surface area contributed by atoms with E-state index in [0.29, 0.717) is 11.5 Å². The Bertz CT molecular complexity index is 519. The van der Waals surface area contributed by atoms with Crippen LogP contribution in [0.25, 0.3) is 0 Å². The van der Waals surface area contributed by atoms with Crippen molar-refractivity contribution in [3.05, 3.63) is 35.6 Å². The first kappa shape index (κ1) is 14.4. The lowest BCUT2D eigenvalue weighted by Crippen LogP contribution is -2.45. The number of fused-ring (bicyclic) bond motifs is 2. The molecule has 114 valence electrons. The van der Waals surface area contributed by atoms with Gasteiger partial charge >= 0.3 is 6.03 Å². The maximum Gasteiger partial charge on any atom is 0.315 e. The van der Waals surface area contributed by atoms with E-state index in [1.807, 2.05) is 0 Å². The van der Waals surface area contributed by atoms with E-state index in [1.54, 1.807) is 18.2 Å². The summed E-state index contributed by atoms with van der Waals surface area (Å²) in [6.45, 7) is 2.32. The number of urea groups is 1. The summed E-state index contributed by atoms with van der Waals surface area (Å²) >= 11 is 0. The van der Waals surface area contributed by atoms with Crippen LogP contribution in [0.15, 0.2) is 24.3 Å². The van der Waals surface area contributed by atoms with Gasteiger partial charge < -0.3 is 10.6 Å². The van der Waals surface area contributed by atoms with Gasteiger partial charge in [-0.1, -0.05) is 24.6 Å². The van der Waals surface area contributed by atoms with E-state index < -0.39 is 0 Å². The Hall–Kier alpha value is -1.58. The largest absolute Gasteiger partial charge is 0.335 e. The van der Waals surface area contributed by atoms with Gasteiger partial charge in [-0.25, -0.2) is 9.18 Å². The van der Waals surface area contributed by atoms with Crippen LogP contribution in [0.1, 0.15) is 38.2 Å². The minimum atomic E-state index is -0.279. The van der Waals surface area contributed by atoms with Crippen LogP contribution < -0.4 is 10.6 Å². The van der Waals surface area contributed by atoms with E-state index in [2.05, 4.69) is 17.6 Å². The molecule has 2 aliphatic carbocycles. The number of carbonyl (C=O) groups excluding carboxylic acids is 1. The third-order valence-electron chi connectivity index (χ3n) is 5.19. The zero-order chi connectivity index (χ0) is 14.8. The molecule has 2 N–H and O–H groups in total. The molecule has 21 heavy (non-hydrogen) atoms. The predicted molar refractivity (Wildman–Crippen MR) is 80.2 cm³/mol. The number of benzene rings is 1. The van der Waals surface area contributed by atoms with Crippen molar-refractivity contribution >= 4 is 6.03 Å². The molecule has 3 rings (SSSR count). The molecule has 1 aromatic rings. The number of rotatable bonds is 4. The number of hydrogen-bond donors (Lipinski definition) is 2. The Kier molecular flexibility index (Phi) is 4.13. The highest BCUT2D eigenvalue weighted by molar-refractivity contribution is 5.74. The summed E-state index contributed by atoms with van der Waals surface area (Å²) in [4.78, 5) is 12.0. The number of carbonyl (C=O) groups is 1. The lowest BCUT2D eigenvalue weighted by Gasteiger charge is -2.28. The maximum absolute atomic E-state index is 13.5. The fourth-order valence-corrected chi connectivity index (χ4v) is 4.09. The molecule has 4 unspecified atom stereocenters. The van der Waals surface area contributed by atoms with Gasteiger partial charge in [-0.3, -0.25) is 0 Å². The van der Waals surface area contributed by atoms with Crippen LogP contribution in [0.2, 0.25) is 0 Å². The van der Waals surface area contributed by atoms with Gasteiger partial charge in [0, 0.05) is 18.2 Å². The molecule has 4 atom stereocenters. The normalized spacial score (nSPS) is 28.4. The number of hydrogen-bond acceptors (Lipinski definition) is 1. The van der Waals surface area contributed by atoms with Crippen LogP contribution in [-0.4, -0.2) is 12.1 Å². The standard InChI is InChI=1S/C17H23FN2O/c1-11(15-9-12-6-7-13(15)8-12)20-17(21)19-10-14-4-2-3-5-16(14)18/h2-5,11-13,15H,6-10H2,1H3,(H2,19,20,21). The highest BCUT2D eigenvalue weighted by Gasteiger charge is 2.42. The quantitative estimate of drug-likeness (QED) is 0.876. The van der Waals surface area contributed by atoms with Crippen LogP contribution in [0, 0.1) is 23.6 Å². The first-order valence-electron chi connectivity index (χ1n) is 7.91. The van der Waals surface area contributed by atoms with Crippen molar-refractivity contribution in [3.63, 3.8) is 0 Å². The lowest BCUT2D eigenvalue weighted by atomic mass is 9.84. The molecule has 2 bridgehead atoms. The summed E-state index contributed by atoms with van der Waals surface area (Å²) in [6.07, 6.45) is 5.28. The summed E-state index contributed by atoms with van der Waals surface area (Å²) in [6, 6.07) is 6.52. The Morgan fingerprint density at radius 2 is 2.14 bits per heavy atom. The second-order valence-corrected chi connectivity index (χ2v) is 6.55. The Balaban J connectivity index is 1.47. The average molecular weight is 290 g/mol. The van der Waals surface area contributed by atoms with E-state index in [0.717, 1.165) is 11.8 Å². The lowest BCUT2D eigenvalue weighted by molar-refractivity contribution is 0.220.